The van der Waals surface area contributed by atoms with Gasteiger partial charge in [-0.1, -0.05) is 29.5 Å². The zero-order valence-electron chi connectivity index (χ0n) is 14.4. The van der Waals surface area contributed by atoms with Crippen molar-refractivity contribution in [2.45, 2.75) is 19.1 Å². The number of carbonyl (C=O) groups is 2. The third-order valence-corrected chi connectivity index (χ3v) is 4.38. The Balaban J connectivity index is 1.59. The molecule has 3 rings (SSSR count). The summed E-state index contributed by atoms with van der Waals surface area (Å²) >= 11 is 1.20. The minimum absolute atomic E-state index is 0.0561. The van der Waals surface area contributed by atoms with Gasteiger partial charge in [-0.2, -0.15) is 0 Å². The number of nitrogens with zero attached hydrogens (tertiary/aromatic N) is 2. The standard InChI is InChI=1S/C19H17N3O3S/c1-12-3-5-15(6-4-12)18-21-22-19(25-18)26-11-17(24)14-7-9-16(10-8-14)20-13(2)23/h3-10H,11H2,1-2H3,(H,20,23). The number of carbonyl (C=O) groups excluding carboxylic acids is 2. The molecule has 0 aliphatic heterocycles. The van der Waals surface area contributed by atoms with Crippen LogP contribution in [0.15, 0.2) is 58.2 Å². The van der Waals surface area contributed by atoms with E-state index in [0.717, 1.165) is 11.1 Å². The van der Waals surface area contributed by atoms with Gasteiger partial charge in [0.25, 0.3) is 5.22 Å². The van der Waals surface area contributed by atoms with E-state index in [1.807, 2.05) is 31.2 Å². The molecule has 0 spiro atoms. The van der Waals surface area contributed by atoms with Crippen LogP contribution in [-0.4, -0.2) is 27.6 Å². The third-order valence-electron chi connectivity index (χ3n) is 3.56. The van der Waals surface area contributed by atoms with E-state index >= 15 is 0 Å². The Bertz CT molecular complexity index is 918. The van der Waals surface area contributed by atoms with Gasteiger partial charge >= 0.3 is 0 Å². The molecule has 1 N–H and O–H groups in total. The number of rotatable bonds is 6. The number of amides is 1. The van der Waals surface area contributed by atoms with Gasteiger partial charge in [-0.15, -0.1) is 10.2 Å². The Hall–Kier alpha value is -2.93. The lowest BCUT2D eigenvalue weighted by Gasteiger charge is -2.03. The zero-order chi connectivity index (χ0) is 18.5. The van der Waals surface area contributed by atoms with Crippen molar-refractivity contribution >= 4 is 29.1 Å². The molecule has 0 atom stereocenters. The lowest BCUT2D eigenvalue weighted by molar-refractivity contribution is -0.114. The van der Waals surface area contributed by atoms with Crippen LogP contribution in [0, 0.1) is 6.92 Å². The Kier molecular flexibility index (Phi) is 5.48. The molecule has 0 bridgehead atoms. The summed E-state index contributed by atoms with van der Waals surface area (Å²) in [4.78, 5) is 23.3. The van der Waals surface area contributed by atoms with Gasteiger partial charge in [-0.3, -0.25) is 9.59 Å². The van der Waals surface area contributed by atoms with Crippen molar-refractivity contribution < 1.29 is 14.0 Å². The van der Waals surface area contributed by atoms with Gasteiger partial charge in [0.1, 0.15) is 0 Å². The molecule has 132 valence electrons. The summed E-state index contributed by atoms with van der Waals surface area (Å²) in [5, 5.41) is 11.0. The number of aryl methyl sites for hydroxylation is 1. The second kappa shape index (κ2) is 7.97. The normalized spacial score (nSPS) is 10.5. The fraction of sp³-hybridized carbons (Fsp3) is 0.158. The first-order valence-corrected chi connectivity index (χ1v) is 8.94. The molecule has 0 aliphatic rings. The monoisotopic (exact) mass is 367 g/mol. The first-order valence-electron chi connectivity index (χ1n) is 7.95. The van der Waals surface area contributed by atoms with Gasteiger partial charge in [-0.25, -0.2) is 0 Å². The second-order valence-electron chi connectivity index (χ2n) is 5.71. The number of aromatic nitrogens is 2. The van der Waals surface area contributed by atoms with E-state index in [1.165, 1.54) is 18.7 Å². The number of anilines is 1. The molecule has 0 saturated carbocycles. The molecule has 26 heavy (non-hydrogen) atoms. The van der Waals surface area contributed by atoms with Crippen LogP contribution >= 0.6 is 11.8 Å². The summed E-state index contributed by atoms with van der Waals surface area (Å²) in [6, 6.07) is 14.5. The summed E-state index contributed by atoms with van der Waals surface area (Å²) in [7, 11) is 0. The average molecular weight is 367 g/mol. The van der Waals surface area contributed by atoms with E-state index in [2.05, 4.69) is 15.5 Å². The zero-order valence-corrected chi connectivity index (χ0v) is 15.2. The Morgan fingerprint density at radius 2 is 1.73 bits per heavy atom. The van der Waals surface area contributed by atoms with E-state index in [9.17, 15) is 9.59 Å². The van der Waals surface area contributed by atoms with Crippen LogP contribution in [0.25, 0.3) is 11.5 Å². The third kappa shape index (κ3) is 4.58. The fourth-order valence-electron chi connectivity index (χ4n) is 2.23. The van der Waals surface area contributed by atoms with Gasteiger partial charge in [0.05, 0.1) is 5.75 Å². The summed E-state index contributed by atoms with van der Waals surface area (Å²) in [6.45, 7) is 3.44. The van der Waals surface area contributed by atoms with Crippen LogP contribution < -0.4 is 5.32 Å². The van der Waals surface area contributed by atoms with Crippen LogP contribution in [-0.2, 0) is 4.79 Å². The second-order valence-corrected chi connectivity index (χ2v) is 6.64. The Labute approximate surface area is 155 Å². The molecule has 2 aromatic carbocycles. The van der Waals surface area contributed by atoms with Gasteiger partial charge in [0.15, 0.2) is 5.78 Å². The van der Waals surface area contributed by atoms with Crippen molar-refractivity contribution in [3.63, 3.8) is 0 Å². The summed E-state index contributed by atoms with van der Waals surface area (Å²) in [5.41, 5.74) is 3.21. The predicted molar refractivity (Wildman–Crippen MR) is 100 cm³/mol. The topological polar surface area (TPSA) is 85.1 Å². The summed E-state index contributed by atoms with van der Waals surface area (Å²) < 4.78 is 5.60. The minimum Gasteiger partial charge on any atom is -0.411 e. The number of ketones is 1. The lowest BCUT2D eigenvalue weighted by Crippen LogP contribution is -2.07. The van der Waals surface area contributed by atoms with Crippen molar-refractivity contribution in [3.8, 4) is 11.5 Å². The quantitative estimate of drug-likeness (QED) is 0.524. The van der Waals surface area contributed by atoms with Crippen LogP contribution in [0.1, 0.15) is 22.8 Å². The number of Topliss-reactive ketones (excluding diaryl/α,β-unsaturated/α-hetero) is 1. The number of thioether (sulfide) groups is 1. The molecule has 0 unspecified atom stereocenters. The van der Waals surface area contributed by atoms with Crippen molar-refractivity contribution in [1.82, 2.24) is 10.2 Å². The fourth-order valence-corrected chi connectivity index (χ4v) is 2.89. The predicted octanol–water partition coefficient (Wildman–Crippen LogP) is 3.98. The average Bonchev–Trinajstić information content (AvgIpc) is 3.09. The highest BCUT2D eigenvalue weighted by Gasteiger charge is 2.12. The van der Waals surface area contributed by atoms with E-state index in [0.29, 0.717) is 22.4 Å². The highest BCUT2D eigenvalue weighted by atomic mass is 32.2. The number of nitrogens with one attached hydrogen (secondary N) is 1. The summed E-state index contributed by atoms with van der Waals surface area (Å²) in [6.07, 6.45) is 0. The molecule has 0 aliphatic carbocycles. The van der Waals surface area contributed by atoms with E-state index in [1.54, 1.807) is 24.3 Å². The van der Waals surface area contributed by atoms with E-state index in [4.69, 9.17) is 4.42 Å². The van der Waals surface area contributed by atoms with E-state index < -0.39 is 0 Å². The van der Waals surface area contributed by atoms with Crippen LogP contribution in [0.4, 0.5) is 5.69 Å². The number of hydrogen-bond donors (Lipinski definition) is 1. The Morgan fingerprint density at radius 3 is 2.38 bits per heavy atom. The van der Waals surface area contributed by atoms with Crippen molar-refractivity contribution in [2.75, 3.05) is 11.1 Å². The number of benzene rings is 2. The molecule has 0 radical (unpaired) electrons. The minimum atomic E-state index is -0.152. The molecule has 0 fully saturated rings. The highest BCUT2D eigenvalue weighted by molar-refractivity contribution is 7.99. The maximum absolute atomic E-state index is 12.3. The molecule has 1 aromatic heterocycles. The largest absolute Gasteiger partial charge is 0.411 e. The highest BCUT2D eigenvalue weighted by Crippen LogP contribution is 2.24. The first-order chi connectivity index (χ1) is 12.5. The first kappa shape index (κ1) is 17.9. The maximum atomic E-state index is 12.3. The van der Waals surface area contributed by atoms with E-state index in [-0.39, 0.29) is 17.4 Å². The summed E-state index contributed by atoms with van der Waals surface area (Å²) in [5.74, 6) is 0.411. The van der Waals surface area contributed by atoms with Crippen molar-refractivity contribution in [3.05, 3.63) is 59.7 Å². The lowest BCUT2D eigenvalue weighted by atomic mass is 10.1. The molecule has 3 aromatic rings. The van der Waals surface area contributed by atoms with Crippen LogP contribution in [0.3, 0.4) is 0 Å². The van der Waals surface area contributed by atoms with Crippen LogP contribution in [0.5, 0.6) is 0 Å². The maximum Gasteiger partial charge on any atom is 0.277 e. The molecule has 6 nitrogen and oxygen atoms in total. The molecule has 0 saturated heterocycles. The van der Waals surface area contributed by atoms with Gasteiger partial charge in [0, 0.05) is 23.7 Å². The van der Waals surface area contributed by atoms with Crippen molar-refractivity contribution in [2.24, 2.45) is 0 Å². The number of hydrogen-bond acceptors (Lipinski definition) is 6. The Morgan fingerprint density at radius 1 is 1.04 bits per heavy atom. The van der Waals surface area contributed by atoms with Gasteiger partial charge in [0.2, 0.25) is 11.8 Å². The smallest absolute Gasteiger partial charge is 0.277 e. The SMILES string of the molecule is CC(=O)Nc1ccc(C(=O)CSc2nnc(-c3ccc(C)cc3)o2)cc1. The molecular weight excluding hydrogens is 350 g/mol. The molecular formula is C19H17N3O3S. The molecule has 7 heteroatoms. The van der Waals surface area contributed by atoms with Crippen molar-refractivity contribution in [1.29, 1.82) is 0 Å². The van der Waals surface area contributed by atoms with Crippen LogP contribution in [0.2, 0.25) is 0 Å². The van der Waals surface area contributed by atoms with Gasteiger partial charge < -0.3 is 9.73 Å². The van der Waals surface area contributed by atoms with Gasteiger partial charge in [-0.05, 0) is 43.3 Å². The molecule has 1 amide bonds. The molecule has 1 heterocycles.